The first-order valence-electron chi connectivity index (χ1n) is 11.9. The summed E-state index contributed by atoms with van der Waals surface area (Å²) >= 11 is 0. The Hall–Kier alpha value is -3.28. The van der Waals surface area contributed by atoms with E-state index in [0.717, 1.165) is 18.4 Å². The van der Waals surface area contributed by atoms with Crippen LogP contribution in [0.4, 0.5) is 4.39 Å². The van der Waals surface area contributed by atoms with E-state index in [2.05, 4.69) is 0 Å². The first kappa shape index (κ1) is 23.9. The minimum Gasteiger partial charge on any atom is -0.465 e. The number of esters is 1. The zero-order valence-corrected chi connectivity index (χ0v) is 19.5. The van der Waals surface area contributed by atoms with Gasteiger partial charge in [-0.1, -0.05) is 49.2 Å². The summed E-state index contributed by atoms with van der Waals surface area (Å²) in [4.78, 5) is 39.3. The molecule has 0 N–H and O–H groups in total. The molecule has 0 unspecified atom stereocenters. The molecule has 1 heterocycles. The summed E-state index contributed by atoms with van der Waals surface area (Å²) in [5, 5.41) is 0. The summed E-state index contributed by atoms with van der Waals surface area (Å²) in [5.74, 6) is -0.723. The van der Waals surface area contributed by atoms with E-state index in [-0.39, 0.29) is 29.5 Å². The Kier molecular flexibility index (Phi) is 7.25. The number of methoxy groups -OCH3 is 1. The second kappa shape index (κ2) is 10.3. The van der Waals surface area contributed by atoms with Gasteiger partial charge in [-0.3, -0.25) is 9.59 Å². The number of hydrogen-bond acceptors (Lipinski definition) is 4. The average Bonchev–Trinajstić information content (AvgIpc) is 3.49. The van der Waals surface area contributed by atoms with Crippen LogP contribution in [0.2, 0.25) is 0 Å². The SMILES string of the molecule is COC(=O)c1ccc(CCN2C(=O)CC[C@@H]2C=CC(=O)C2(c3ccccc3F)CCCC2)cc1. The smallest absolute Gasteiger partial charge is 0.337 e. The third-order valence-corrected chi connectivity index (χ3v) is 7.18. The van der Waals surface area contributed by atoms with Gasteiger partial charge in [0.2, 0.25) is 5.91 Å². The molecule has 1 aliphatic carbocycles. The van der Waals surface area contributed by atoms with Gasteiger partial charge in [0.1, 0.15) is 5.82 Å². The van der Waals surface area contributed by atoms with Crippen molar-refractivity contribution in [3.05, 3.63) is 83.2 Å². The van der Waals surface area contributed by atoms with E-state index in [0.29, 0.717) is 49.8 Å². The highest BCUT2D eigenvalue weighted by molar-refractivity contribution is 5.99. The number of nitrogens with zero attached hydrogens (tertiary/aromatic N) is 1. The Morgan fingerprint density at radius 3 is 2.50 bits per heavy atom. The van der Waals surface area contributed by atoms with Crippen LogP contribution in [0, 0.1) is 5.82 Å². The molecule has 2 aromatic carbocycles. The number of ether oxygens (including phenoxy) is 1. The Labute approximate surface area is 199 Å². The Morgan fingerprint density at radius 1 is 1.12 bits per heavy atom. The molecule has 1 saturated heterocycles. The normalized spacial score (nSPS) is 19.6. The first-order chi connectivity index (χ1) is 16.4. The van der Waals surface area contributed by atoms with Gasteiger partial charge in [0, 0.05) is 18.5 Å². The van der Waals surface area contributed by atoms with Gasteiger partial charge >= 0.3 is 5.97 Å². The Balaban J connectivity index is 1.44. The minimum absolute atomic E-state index is 0.0676. The molecule has 0 radical (unpaired) electrons. The number of rotatable bonds is 8. The lowest BCUT2D eigenvalue weighted by atomic mass is 9.74. The maximum atomic E-state index is 14.6. The number of ketones is 1. The van der Waals surface area contributed by atoms with Crippen molar-refractivity contribution in [2.75, 3.05) is 13.7 Å². The van der Waals surface area contributed by atoms with Crippen LogP contribution in [-0.4, -0.2) is 42.3 Å². The Bertz CT molecular complexity index is 1090. The molecule has 178 valence electrons. The molecule has 0 aromatic heterocycles. The van der Waals surface area contributed by atoms with Crippen molar-refractivity contribution in [1.82, 2.24) is 4.90 Å². The molecule has 1 amide bonds. The first-order valence-corrected chi connectivity index (χ1v) is 11.9. The van der Waals surface area contributed by atoms with Gasteiger partial charge in [-0.05, 0) is 55.5 Å². The lowest BCUT2D eigenvalue weighted by Crippen LogP contribution is -2.35. The van der Waals surface area contributed by atoms with Crippen molar-refractivity contribution in [3.8, 4) is 0 Å². The summed E-state index contributed by atoms with van der Waals surface area (Å²) in [5.41, 5.74) is 1.17. The second-order valence-electron chi connectivity index (χ2n) is 9.12. The highest BCUT2D eigenvalue weighted by atomic mass is 19.1. The lowest BCUT2D eigenvalue weighted by Gasteiger charge is -2.28. The van der Waals surface area contributed by atoms with Gasteiger partial charge < -0.3 is 9.64 Å². The average molecular weight is 464 g/mol. The monoisotopic (exact) mass is 463 g/mol. The zero-order chi connectivity index (χ0) is 24.1. The summed E-state index contributed by atoms with van der Waals surface area (Å²) in [6.07, 6.45) is 8.25. The van der Waals surface area contributed by atoms with E-state index in [4.69, 9.17) is 4.74 Å². The fraction of sp³-hybridized carbons (Fsp3) is 0.393. The van der Waals surface area contributed by atoms with Gasteiger partial charge in [0.05, 0.1) is 24.1 Å². The molecule has 1 saturated carbocycles. The third-order valence-electron chi connectivity index (χ3n) is 7.18. The van der Waals surface area contributed by atoms with Crippen molar-refractivity contribution < 1.29 is 23.5 Å². The standard InChI is InChI=1S/C28H30FNO4/c1-34-27(33)21-10-8-20(9-11-21)16-19-30-22(13-15-26(30)32)12-14-25(31)28(17-4-5-18-28)23-6-2-3-7-24(23)29/h2-3,6-12,14,22H,4-5,13,15-19H2,1H3/t22-/m0/s1. The van der Waals surface area contributed by atoms with Gasteiger partial charge in [-0.15, -0.1) is 0 Å². The molecular formula is C28H30FNO4. The van der Waals surface area contributed by atoms with Gasteiger partial charge in [-0.2, -0.15) is 0 Å². The predicted octanol–water partition coefficient (Wildman–Crippen LogP) is 4.78. The van der Waals surface area contributed by atoms with Crippen LogP contribution < -0.4 is 0 Å². The fourth-order valence-corrected chi connectivity index (χ4v) is 5.26. The minimum atomic E-state index is -0.809. The fourth-order valence-electron chi connectivity index (χ4n) is 5.26. The van der Waals surface area contributed by atoms with E-state index in [1.165, 1.54) is 13.2 Å². The second-order valence-corrected chi connectivity index (χ2v) is 9.12. The molecule has 1 aliphatic heterocycles. The van der Waals surface area contributed by atoms with Crippen molar-refractivity contribution >= 4 is 17.7 Å². The third kappa shape index (κ3) is 4.81. The highest BCUT2D eigenvalue weighted by Gasteiger charge is 2.43. The quantitative estimate of drug-likeness (QED) is 0.417. The molecule has 4 rings (SSSR count). The molecular weight excluding hydrogens is 433 g/mol. The highest BCUT2D eigenvalue weighted by Crippen LogP contribution is 2.43. The molecule has 0 spiro atoms. The number of carbonyl (C=O) groups excluding carboxylic acids is 3. The number of benzene rings is 2. The van der Waals surface area contributed by atoms with E-state index in [1.807, 2.05) is 23.1 Å². The number of carbonyl (C=O) groups is 3. The summed E-state index contributed by atoms with van der Waals surface area (Å²) in [6.45, 7) is 0.526. The maximum absolute atomic E-state index is 14.6. The Morgan fingerprint density at radius 2 is 1.82 bits per heavy atom. The van der Waals surface area contributed by atoms with Crippen LogP contribution in [0.15, 0.2) is 60.7 Å². The number of amides is 1. The molecule has 1 atom stereocenters. The molecule has 2 aromatic rings. The van der Waals surface area contributed by atoms with Crippen LogP contribution in [-0.2, 0) is 26.2 Å². The number of likely N-dealkylation sites (tertiary alicyclic amines) is 1. The molecule has 34 heavy (non-hydrogen) atoms. The van der Waals surface area contributed by atoms with Crippen LogP contribution in [0.3, 0.4) is 0 Å². The molecule has 2 aliphatic rings. The van der Waals surface area contributed by atoms with Gasteiger partial charge in [0.15, 0.2) is 5.78 Å². The molecule has 2 fully saturated rings. The maximum Gasteiger partial charge on any atom is 0.337 e. The summed E-state index contributed by atoms with van der Waals surface area (Å²) in [6, 6.07) is 13.6. The molecule has 0 bridgehead atoms. The van der Waals surface area contributed by atoms with Gasteiger partial charge in [0.25, 0.3) is 0 Å². The van der Waals surface area contributed by atoms with Gasteiger partial charge in [-0.25, -0.2) is 9.18 Å². The van der Waals surface area contributed by atoms with Crippen molar-refractivity contribution in [1.29, 1.82) is 0 Å². The summed E-state index contributed by atoms with van der Waals surface area (Å²) < 4.78 is 19.3. The number of hydrogen-bond donors (Lipinski definition) is 0. The van der Waals surface area contributed by atoms with E-state index in [9.17, 15) is 18.8 Å². The van der Waals surface area contributed by atoms with Crippen LogP contribution >= 0.6 is 0 Å². The topological polar surface area (TPSA) is 63.7 Å². The predicted molar refractivity (Wildman–Crippen MR) is 127 cm³/mol. The summed E-state index contributed by atoms with van der Waals surface area (Å²) in [7, 11) is 1.35. The van der Waals surface area contributed by atoms with Crippen molar-refractivity contribution in [2.24, 2.45) is 0 Å². The van der Waals surface area contributed by atoms with E-state index in [1.54, 1.807) is 36.4 Å². The van der Waals surface area contributed by atoms with E-state index >= 15 is 0 Å². The van der Waals surface area contributed by atoms with Crippen LogP contribution in [0.1, 0.15) is 60.0 Å². The van der Waals surface area contributed by atoms with Crippen LogP contribution in [0.25, 0.3) is 0 Å². The van der Waals surface area contributed by atoms with Crippen molar-refractivity contribution in [3.63, 3.8) is 0 Å². The van der Waals surface area contributed by atoms with Crippen LogP contribution in [0.5, 0.6) is 0 Å². The van der Waals surface area contributed by atoms with Crippen molar-refractivity contribution in [2.45, 2.75) is 56.4 Å². The molecule has 6 heteroatoms. The number of halogens is 1. The zero-order valence-electron chi connectivity index (χ0n) is 19.5. The largest absolute Gasteiger partial charge is 0.465 e. The van der Waals surface area contributed by atoms with E-state index < -0.39 is 5.41 Å². The number of allylic oxidation sites excluding steroid dienone is 1. The lowest BCUT2D eigenvalue weighted by molar-refractivity contribution is -0.128. The molecule has 5 nitrogen and oxygen atoms in total.